The summed E-state index contributed by atoms with van der Waals surface area (Å²) in [7, 11) is 0. The number of nitrogens with one attached hydrogen (secondary N) is 1. The first-order chi connectivity index (χ1) is 8.04. The van der Waals surface area contributed by atoms with Crippen molar-refractivity contribution in [1.29, 1.82) is 0 Å². The van der Waals surface area contributed by atoms with E-state index in [2.05, 4.69) is 50.4 Å². The number of nitrogens with two attached hydrogens (primary N) is 1. The van der Waals surface area contributed by atoms with Crippen LogP contribution in [0.25, 0.3) is 0 Å². The fourth-order valence-corrected chi connectivity index (χ4v) is 1.77. The van der Waals surface area contributed by atoms with Crippen LogP contribution in [0, 0.1) is 0 Å². The highest BCUT2D eigenvalue weighted by Crippen LogP contribution is 2.24. The van der Waals surface area contributed by atoms with Gasteiger partial charge in [-0.25, -0.2) is 0 Å². The molecule has 96 valence electrons. The van der Waals surface area contributed by atoms with Crippen LogP contribution in [0.15, 0.2) is 24.3 Å². The van der Waals surface area contributed by atoms with E-state index in [4.69, 9.17) is 5.73 Å². The van der Waals surface area contributed by atoms with Gasteiger partial charge < -0.3 is 11.1 Å². The van der Waals surface area contributed by atoms with E-state index in [0.29, 0.717) is 0 Å². The largest absolute Gasteiger partial charge is 0.385 e. The molecule has 0 aliphatic carbocycles. The Morgan fingerprint density at radius 2 is 1.88 bits per heavy atom. The van der Waals surface area contributed by atoms with E-state index in [1.54, 1.807) is 0 Å². The van der Waals surface area contributed by atoms with Crippen molar-refractivity contribution in [1.82, 2.24) is 0 Å². The van der Waals surface area contributed by atoms with Crippen LogP contribution in [-0.4, -0.2) is 13.1 Å². The number of unbranched alkanes of at least 4 members (excludes halogenated alkanes) is 2. The second-order valence-electron chi connectivity index (χ2n) is 5.61. The number of benzene rings is 1. The molecule has 3 N–H and O–H groups in total. The van der Waals surface area contributed by atoms with Crippen LogP contribution in [0.2, 0.25) is 0 Å². The highest BCUT2D eigenvalue weighted by Gasteiger charge is 2.13. The molecule has 17 heavy (non-hydrogen) atoms. The molecule has 0 unspecified atom stereocenters. The molecule has 0 aliphatic rings. The van der Waals surface area contributed by atoms with E-state index in [-0.39, 0.29) is 5.41 Å². The Morgan fingerprint density at radius 1 is 1.12 bits per heavy atom. The Balaban J connectivity index is 2.44. The molecule has 1 aromatic carbocycles. The summed E-state index contributed by atoms with van der Waals surface area (Å²) in [4.78, 5) is 0. The van der Waals surface area contributed by atoms with Gasteiger partial charge in [-0.3, -0.25) is 0 Å². The first-order valence-electron chi connectivity index (χ1n) is 6.58. The summed E-state index contributed by atoms with van der Waals surface area (Å²) < 4.78 is 0. The Morgan fingerprint density at radius 3 is 2.53 bits per heavy atom. The van der Waals surface area contributed by atoms with Crippen molar-refractivity contribution < 1.29 is 0 Å². The number of anilines is 1. The summed E-state index contributed by atoms with van der Waals surface area (Å²) >= 11 is 0. The van der Waals surface area contributed by atoms with Gasteiger partial charge in [-0.1, -0.05) is 39.3 Å². The summed E-state index contributed by atoms with van der Waals surface area (Å²) in [6, 6.07) is 8.71. The van der Waals surface area contributed by atoms with Crippen molar-refractivity contribution in [2.45, 2.75) is 45.4 Å². The maximum absolute atomic E-state index is 5.47. The van der Waals surface area contributed by atoms with Crippen LogP contribution < -0.4 is 11.1 Å². The fourth-order valence-electron chi connectivity index (χ4n) is 1.77. The summed E-state index contributed by atoms with van der Waals surface area (Å²) in [5.74, 6) is 0. The lowest BCUT2D eigenvalue weighted by Crippen LogP contribution is -2.11. The van der Waals surface area contributed by atoms with Gasteiger partial charge in [-0.05, 0) is 42.5 Å². The van der Waals surface area contributed by atoms with Crippen LogP contribution in [-0.2, 0) is 5.41 Å². The van der Waals surface area contributed by atoms with Gasteiger partial charge in [0.05, 0.1) is 0 Å². The van der Waals surface area contributed by atoms with Gasteiger partial charge in [0.15, 0.2) is 0 Å². The van der Waals surface area contributed by atoms with Crippen LogP contribution >= 0.6 is 0 Å². The highest BCUT2D eigenvalue weighted by atomic mass is 14.9. The zero-order valence-electron chi connectivity index (χ0n) is 11.4. The maximum Gasteiger partial charge on any atom is 0.0343 e. The molecule has 2 heteroatoms. The van der Waals surface area contributed by atoms with Crippen molar-refractivity contribution in [3.05, 3.63) is 29.8 Å². The van der Waals surface area contributed by atoms with Gasteiger partial charge in [-0.15, -0.1) is 0 Å². The van der Waals surface area contributed by atoms with E-state index >= 15 is 0 Å². The Kier molecular flexibility index (Phi) is 5.49. The predicted octanol–water partition coefficient (Wildman–Crippen LogP) is 3.53. The van der Waals surface area contributed by atoms with E-state index in [1.807, 2.05) is 0 Å². The maximum atomic E-state index is 5.47. The van der Waals surface area contributed by atoms with Crippen molar-refractivity contribution in [3.8, 4) is 0 Å². The molecule has 0 aromatic heterocycles. The number of hydrogen-bond donors (Lipinski definition) is 2. The first-order valence-corrected chi connectivity index (χ1v) is 6.58. The normalized spacial score (nSPS) is 11.5. The topological polar surface area (TPSA) is 38.0 Å². The van der Waals surface area contributed by atoms with Gasteiger partial charge >= 0.3 is 0 Å². The molecule has 0 atom stereocenters. The van der Waals surface area contributed by atoms with Gasteiger partial charge in [0.2, 0.25) is 0 Å². The van der Waals surface area contributed by atoms with Crippen LogP contribution in [0.1, 0.15) is 45.6 Å². The molecular formula is C15H26N2. The summed E-state index contributed by atoms with van der Waals surface area (Å²) in [6.45, 7) is 8.57. The van der Waals surface area contributed by atoms with Crippen molar-refractivity contribution >= 4 is 5.69 Å². The fraction of sp³-hybridized carbons (Fsp3) is 0.600. The summed E-state index contributed by atoms with van der Waals surface area (Å²) in [5.41, 5.74) is 8.29. The highest BCUT2D eigenvalue weighted by molar-refractivity contribution is 5.47. The molecule has 0 saturated carbocycles. The third kappa shape index (κ3) is 5.22. The monoisotopic (exact) mass is 234 g/mol. The van der Waals surface area contributed by atoms with Gasteiger partial charge in [0, 0.05) is 12.2 Å². The average molecular weight is 234 g/mol. The summed E-state index contributed by atoms with van der Waals surface area (Å²) in [5, 5.41) is 3.48. The predicted molar refractivity (Wildman–Crippen MR) is 76.5 cm³/mol. The molecular weight excluding hydrogens is 208 g/mol. The molecule has 2 nitrogen and oxygen atoms in total. The quantitative estimate of drug-likeness (QED) is 0.739. The number of hydrogen-bond acceptors (Lipinski definition) is 2. The zero-order valence-corrected chi connectivity index (χ0v) is 11.4. The smallest absolute Gasteiger partial charge is 0.0343 e. The van der Waals surface area contributed by atoms with Crippen molar-refractivity contribution in [2.75, 3.05) is 18.4 Å². The SMILES string of the molecule is CC(C)(C)c1cccc(NCCCCCN)c1. The lowest BCUT2D eigenvalue weighted by Gasteiger charge is -2.20. The standard InChI is InChI=1S/C15H26N2/c1-15(2,3)13-8-7-9-14(12-13)17-11-6-4-5-10-16/h7-9,12,17H,4-6,10-11,16H2,1-3H3. The molecule has 1 rings (SSSR count). The molecule has 0 heterocycles. The molecule has 0 spiro atoms. The lowest BCUT2D eigenvalue weighted by atomic mass is 9.87. The van der Waals surface area contributed by atoms with E-state index in [0.717, 1.165) is 19.5 Å². The molecule has 1 aromatic rings. The van der Waals surface area contributed by atoms with Gasteiger partial charge in [0.1, 0.15) is 0 Å². The van der Waals surface area contributed by atoms with Gasteiger partial charge in [-0.2, -0.15) is 0 Å². The third-order valence-electron chi connectivity index (χ3n) is 2.94. The van der Waals surface area contributed by atoms with Crippen LogP contribution in [0.3, 0.4) is 0 Å². The molecule has 0 fully saturated rings. The second-order valence-corrected chi connectivity index (χ2v) is 5.61. The third-order valence-corrected chi connectivity index (χ3v) is 2.94. The Bertz CT molecular complexity index is 326. The number of rotatable bonds is 6. The van der Waals surface area contributed by atoms with Gasteiger partial charge in [0.25, 0.3) is 0 Å². The minimum atomic E-state index is 0.219. The van der Waals surface area contributed by atoms with E-state index in [1.165, 1.54) is 24.1 Å². The molecule has 0 aliphatic heterocycles. The van der Waals surface area contributed by atoms with E-state index < -0.39 is 0 Å². The van der Waals surface area contributed by atoms with Crippen molar-refractivity contribution in [3.63, 3.8) is 0 Å². The lowest BCUT2D eigenvalue weighted by molar-refractivity contribution is 0.590. The summed E-state index contributed by atoms with van der Waals surface area (Å²) in [6.07, 6.45) is 3.53. The Hall–Kier alpha value is -1.02. The van der Waals surface area contributed by atoms with Crippen LogP contribution in [0.4, 0.5) is 5.69 Å². The molecule has 0 bridgehead atoms. The second kappa shape index (κ2) is 6.65. The molecule has 0 saturated heterocycles. The van der Waals surface area contributed by atoms with E-state index in [9.17, 15) is 0 Å². The van der Waals surface area contributed by atoms with Crippen molar-refractivity contribution in [2.24, 2.45) is 5.73 Å². The zero-order chi connectivity index (χ0) is 12.7. The van der Waals surface area contributed by atoms with Crippen LogP contribution in [0.5, 0.6) is 0 Å². The average Bonchev–Trinajstić information content (AvgIpc) is 2.28. The minimum absolute atomic E-state index is 0.219. The molecule has 0 radical (unpaired) electrons. The Labute approximate surface area is 106 Å². The first kappa shape index (κ1) is 14.0. The molecule has 0 amide bonds. The minimum Gasteiger partial charge on any atom is -0.385 e.